The van der Waals surface area contributed by atoms with Gasteiger partial charge in [0.05, 0.1) is 0 Å². The Morgan fingerprint density at radius 3 is 1.85 bits per heavy atom. The zero-order chi connectivity index (χ0) is 24.3. The third kappa shape index (κ3) is 3.66. The van der Waals surface area contributed by atoms with Gasteiger partial charge in [0, 0.05) is 0 Å². The number of benzene rings is 3. The Morgan fingerprint density at radius 2 is 1.24 bits per heavy atom. The van der Waals surface area contributed by atoms with Gasteiger partial charge < -0.3 is 0 Å². The Bertz CT molecular complexity index is 1440. The second-order valence-corrected chi connectivity index (χ2v) is 41.0. The summed E-state index contributed by atoms with van der Waals surface area (Å²) in [5, 5.41) is 0. The minimum absolute atomic E-state index is 0.533. The van der Waals surface area contributed by atoms with Crippen molar-refractivity contribution in [1.29, 1.82) is 0 Å². The molecule has 0 spiro atoms. The number of rotatable bonds is 4. The van der Waals surface area contributed by atoms with Crippen LogP contribution in [0.1, 0.15) is 48.0 Å². The molecule has 0 saturated carbocycles. The molecule has 0 aromatic heterocycles. The summed E-state index contributed by atoms with van der Waals surface area (Å²) < 4.78 is 7.73. The van der Waals surface area contributed by atoms with Crippen LogP contribution in [0.5, 0.6) is 0 Å². The molecule has 0 saturated heterocycles. The second kappa shape index (κ2) is 8.28. The van der Waals surface area contributed by atoms with Crippen LogP contribution >= 0.6 is 0 Å². The predicted octanol–water partition coefficient (Wildman–Crippen LogP) is 8.43. The average molecular weight is 540 g/mol. The van der Waals surface area contributed by atoms with Gasteiger partial charge in [-0.25, -0.2) is 0 Å². The SMILES string of the molecule is CC1=C(C)C(C)[C]([Zr]([CH3])([CH3])(=[SiH2])[CH]2C=C(c3ccc(-c4ccccc4)cc3)c3ccccc32)=C1C. The molecule has 172 valence electrons. The van der Waals surface area contributed by atoms with Crippen LogP contribution < -0.4 is 0 Å². The van der Waals surface area contributed by atoms with Gasteiger partial charge in [-0.3, -0.25) is 0 Å². The first-order chi connectivity index (χ1) is 16.1. The van der Waals surface area contributed by atoms with Crippen LogP contribution in [0.25, 0.3) is 16.7 Å². The van der Waals surface area contributed by atoms with Crippen molar-refractivity contribution in [2.24, 2.45) is 5.92 Å². The number of fused-ring (bicyclic) bond motifs is 1. The van der Waals surface area contributed by atoms with Gasteiger partial charge in [0.1, 0.15) is 0 Å². The Morgan fingerprint density at radius 1 is 0.676 bits per heavy atom. The van der Waals surface area contributed by atoms with Crippen molar-refractivity contribution in [3.8, 4) is 11.1 Å². The number of hydrogen-bond acceptors (Lipinski definition) is 0. The molecule has 3 aromatic rings. The van der Waals surface area contributed by atoms with E-state index in [1.54, 1.807) is 16.7 Å². The molecular weight excluding hydrogens is 504 g/mol. The molecule has 2 unspecified atom stereocenters. The van der Waals surface area contributed by atoms with Crippen molar-refractivity contribution in [2.75, 3.05) is 0 Å². The maximum absolute atomic E-state index is 3.37. The fraction of sp³-hybridized carbons (Fsp3) is 0.250. The third-order valence-corrected chi connectivity index (χ3v) is 26.0. The van der Waals surface area contributed by atoms with Crippen LogP contribution in [0.3, 0.4) is 0 Å². The topological polar surface area (TPSA) is 0 Å². The first-order valence-electron chi connectivity index (χ1n) is 12.5. The molecule has 0 N–H and O–H groups in total. The fourth-order valence-corrected chi connectivity index (χ4v) is 25.2. The van der Waals surface area contributed by atoms with Gasteiger partial charge in [-0.1, -0.05) is 0 Å². The van der Waals surface area contributed by atoms with E-state index in [0.717, 1.165) is 0 Å². The normalized spacial score (nSPS) is 20.6. The van der Waals surface area contributed by atoms with E-state index in [2.05, 4.69) is 129 Å². The molecule has 0 amide bonds. The third-order valence-electron chi connectivity index (χ3n) is 8.74. The standard InChI is InChI=1S/C21H15.C9H13.2CH3.H2Si.Zr/c1-2-6-16(7-3-1)17-10-12-19(13-11-17)21-15-14-18-8-4-5-9-20(18)21;1-6-5-7(2)9(4)8(6)3;;;;/h1-15H;6H,1-4H3;2*1H3;1H2;. The van der Waals surface area contributed by atoms with E-state index in [9.17, 15) is 0 Å². The summed E-state index contributed by atoms with van der Waals surface area (Å²) in [6.45, 7) is 11.9. The number of allylic oxidation sites excluding steroid dienone is 5. The van der Waals surface area contributed by atoms with E-state index < -0.39 is 17.4 Å². The quantitative estimate of drug-likeness (QED) is 0.292. The predicted molar refractivity (Wildman–Crippen MR) is 149 cm³/mol. The molecule has 5 rings (SSSR count). The van der Waals surface area contributed by atoms with Gasteiger partial charge in [0.25, 0.3) is 0 Å². The summed E-state index contributed by atoms with van der Waals surface area (Å²) >= 11 is -3.37. The second-order valence-electron chi connectivity index (χ2n) is 11.5. The van der Waals surface area contributed by atoms with E-state index in [-0.39, 0.29) is 0 Å². The molecule has 0 nitrogen and oxygen atoms in total. The van der Waals surface area contributed by atoms with Crippen LogP contribution in [0.2, 0.25) is 9.26 Å². The molecule has 2 atom stereocenters. The monoisotopic (exact) mass is 538 g/mol. The summed E-state index contributed by atoms with van der Waals surface area (Å²) in [7, 11) is 0. The van der Waals surface area contributed by atoms with Crippen LogP contribution in [0.15, 0.2) is 105 Å². The molecule has 0 fully saturated rings. The van der Waals surface area contributed by atoms with Gasteiger partial charge in [0.2, 0.25) is 0 Å². The van der Waals surface area contributed by atoms with Crippen molar-refractivity contribution in [3.63, 3.8) is 0 Å². The van der Waals surface area contributed by atoms with Gasteiger partial charge in [-0.2, -0.15) is 0 Å². The maximum atomic E-state index is 2.69. The first-order valence-corrected chi connectivity index (χ1v) is 26.0. The van der Waals surface area contributed by atoms with E-state index in [0.29, 0.717) is 9.54 Å². The molecule has 0 radical (unpaired) electrons. The molecule has 2 heteroatoms. The summed E-state index contributed by atoms with van der Waals surface area (Å²) in [5.74, 6) is 0.577. The van der Waals surface area contributed by atoms with E-state index in [1.807, 2.05) is 3.28 Å². The van der Waals surface area contributed by atoms with Gasteiger partial charge >= 0.3 is 209 Å². The van der Waals surface area contributed by atoms with Gasteiger partial charge in [0.15, 0.2) is 0 Å². The Kier molecular flexibility index (Phi) is 5.78. The summed E-state index contributed by atoms with van der Waals surface area (Å²) in [5.41, 5.74) is 13.0. The molecule has 3 aromatic carbocycles. The van der Waals surface area contributed by atoms with E-state index >= 15 is 0 Å². The van der Waals surface area contributed by atoms with Crippen LogP contribution in [0, 0.1) is 5.92 Å². The van der Waals surface area contributed by atoms with Crippen LogP contribution in [-0.2, 0) is 17.4 Å². The van der Waals surface area contributed by atoms with Crippen molar-refractivity contribution in [2.45, 2.75) is 40.6 Å². The molecule has 0 aliphatic heterocycles. The Labute approximate surface area is 208 Å². The summed E-state index contributed by atoms with van der Waals surface area (Å²) in [4.78, 5) is 0. The molecule has 2 aliphatic rings. The number of hydrogen-bond donors (Lipinski definition) is 0. The van der Waals surface area contributed by atoms with Crippen LogP contribution in [0.4, 0.5) is 0 Å². The van der Waals surface area contributed by atoms with Crippen LogP contribution in [-0.4, -0.2) is 6.88 Å². The van der Waals surface area contributed by atoms with E-state index in [1.165, 1.54) is 33.4 Å². The molecule has 2 aliphatic carbocycles. The minimum atomic E-state index is -3.37. The van der Waals surface area contributed by atoms with Gasteiger partial charge in [-0.05, 0) is 0 Å². The molecular formula is C32H36SiZr. The van der Waals surface area contributed by atoms with E-state index in [4.69, 9.17) is 0 Å². The zero-order valence-electron chi connectivity index (χ0n) is 21.4. The zero-order valence-corrected chi connectivity index (χ0v) is 25.3. The van der Waals surface area contributed by atoms with Crippen molar-refractivity contribution < 1.29 is 17.4 Å². The average Bonchev–Trinajstić information content (AvgIpc) is 3.32. The Hall–Kier alpha value is -2.02. The van der Waals surface area contributed by atoms with Crippen molar-refractivity contribution in [3.05, 3.63) is 122 Å². The van der Waals surface area contributed by atoms with Crippen molar-refractivity contribution in [1.82, 2.24) is 0 Å². The summed E-state index contributed by atoms with van der Waals surface area (Å²) in [6, 6.07) is 29.1. The van der Waals surface area contributed by atoms with Gasteiger partial charge in [-0.15, -0.1) is 0 Å². The Balaban J connectivity index is 1.62. The molecule has 34 heavy (non-hydrogen) atoms. The first kappa shape index (κ1) is 23.7. The van der Waals surface area contributed by atoms with Crippen molar-refractivity contribution >= 4 is 12.5 Å². The summed E-state index contributed by atoms with van der Waals surface area (Å²) in [6.07, 6.45) is 2.65. The molecule has 0 bridgehead atoms. The molecule has 0 heterocycles. The fourth-order valence-electron chi connectivity index (χ4n) is 6.71.